The maximum Gasteiger partial charge on any atom is 0.246 e. The zero-order valence-corrected chi connectivity index (χ0v) is 9.17. The third-order valence-electron chi connectivity index (χ3n) is 2.53. The highest BCUT2D eigenvalue weighted by molar-refractivity contribution is 4.96. The Bertz CT molecular complexity index is 343. The molecule has 1 unspecified atom stereocenters. The number of aliphatic hydroxyl groups is 1. The highest BCUT2D eigenvalue weighted by Gasteiger charge is 2.25. The Morgan fingerprint density at radius 2 is 2.50 bits per heavy atom. The molecule has 3 N–H and O–H groups in total. The van der Waals surface area contributed by atoms with Crippen LogP contribution in [0, 0.1) is 0 Å². The predicted octanol–water partition coefficient (Wildman–Crippen LogP) is -0.935. The van der Waals surface area contributed by atoms with Crippen molar-refractivity contribution in [1.82, 2.24) is 15.0 Å². The first-order valence-corrected chi connectivity index (χ1v) is 5.20. The van der Waals surface area contributed by atoms with Crippen molar-refractivity contribution in [2.24, 2.45) is 5.73 Å². The third-order valence-corrected chi connectivity index (χ3v) is 2.53. The lowest BCUT2D eigenvalue weighted by Gasteiger charge is -2.27. The zero-order chi connectivity index (χ0) is 11.5. The van der Waals surface area contributed by atoms with Crippen molar-refractivity contribution in [3.05, 3.63) is 11.7 Å². The van der Waals surface area contributed by atoms with E-state index in [1.54, 1.807) is 0 Å². The molecular formula is C9H16N4O3. The minimum atomic E-state index is -0.623. The van der Waals surface area contributed by atoms with Gasteiger partial charge in [0.05, 0.1) is 13.2 Å². The largest absolute Gasteiger partial charge is 0.394 e. The molecule has 0 spiro atoms. The van der Waals surface area contributed by atoms with Gasteiger partial charge in [-0.2, -0.15) is 4.98 Å². The Morgan fingerprint density at radius 1 is 1.69 bits per heavy atom. The van der Waals surface area contributed by atoms with Gasteiger partial charge >= 0.3 is 0 Å². The molecule has 0 aliphatic carbocycles. The molecule has 2 atom stereocenters. The molecule has 0 aromatic carbocycles. The first kappa shape index (κ1) is 11.5. The summed E-state index contributed by atoms with van der Waals surface area (Å²) in [5.74, 6) is 0.736. The summed E-state index contributed by atoms with van der Waals surface area (Å²) < 4.78 is 10.5. The van der Waals surface area contributed by atoms with E-state index in [1.165, 1.54) is 0 Å². The number of rotatable bonds is 3. The van der Waals surface area contributed by atoms with Gasteiger partial charge in [0.1, 0.15) is 12.1 Å². The molecule has 16 heavy (non-hydrogen) atoms. The lowest BCUT2D eigenvalue weighted by molar-refractivity contribution is -0.0264. The number of nitrogens with two attached hydrogens (primary N) is 1. The Kier molecular flexibility index (Phi) is 3.49. The van der Waals surface area contributed by atoms with Gasteiger partial charge in [-0.05, 0) is 7.05 Å². The van der Waals surface area contributed by atoms with Gasteiger partial charge in [0, 0.05) is 13.1 Å². The summed E-state index contributed by atoms with van der Waals surface area (Å²) >= 11 is 0. The van der Waals surface area contributed by atoms with Gasteiger partial charge in [-0.15, -0.1) is 0 Å². The minimum Gasteiger partial charge on any atom is -0.394 e. The fourth-order valence-corrected chi connectivity index (χ4v) is 1.54. The van der Waals surface area contributed by atoms with E-state index in [0.717, 1.165) is 13.1 Å². The molecule has 2 heterocycles. The van der Waals surface area contributed by atoms with Gasteiger partial charge < -0.3 is 25.0 Å². The molecule has 1 saturated heterocycles. The highest BCUT2D eigenvalue weighted by Crippen LogP contribution is 2.19. The van der Waals surface area contributed by atoms with Crippen molar-refractivity contribution in [3.63, 3.8) is 0 Å². The SMILES string of the molecule is CN1CCOC(c2noc([C@H](N)CO)n2)C1. The van der Waals surface area contributed by atoms with Crippen molar-refractivity contribution < 1.29 is 14.4 Å². The van der Waals surface area contributed by atoms with Crippen LogP contribution in [-0.4, -0.2) is 53.5 Å². The van der Waals surface area contributed by atoms with Crippen LogP contribution in [0.25, 0.3) is 0 Å². The average Bonchev–Trinajstić information content (AvgIpc) is 2.77. The van der Waals surface area contributed by atoms with Crippen LogP contribution < -0.4 is 5.73 Å². The minimum absolute atomic E-state index is 0.179. The molecule has 7 heteroatoms. The lowest BCUT2D eigenvalue weighted by Crippen LogP contribution is -2.35. The summed E-state index contributed by atoms with van der Waals surface area (Å²) in [6, 6.07) is -0.623. The van der Waals surface area contributed by atoms with Crippen molar-refractivity contribution in [3.8, 4) is 0 Å². The van der Waals surface area contributed by atoms with E-state index in [0.29, 0.717) is 12.4 Å². The van der Waals surface area contributed by atoms with Gasteiger partial charge in [0.2, 0.25) is 11.7 Å². The molecule has 1 aromatic rings. The molecule has 7 nitrogen and oxygen atoms in total. The monoisotopic (exact) mass is 228 g/mol. The van der Waals surface area contributed by atoms with Crippen molar-refractivity contribution >= 4 is 0 Å². The third kappa shape index (κ3) is 2.38. The fourth-order valence-electron chi connectivity index (χ4n) is 1.54. The number of hydrogen-bond acceptors (Lipinski definition) is 7. The molecule has 0 radical (unpaired) electrons. The second kappa shape index (κ2) is 4.88. The summed E-state index contributed by atoms with van der Waals surface area (Å²) in [6.45, 7) is 2.06. The van der Waals surface area contributed by atoms with Crippen molar-refractivity contribution in [2.75, 3.05) is 33.4 Å². The number of hydrogen-bond donors (Lipinski definition) is 2. The molecule has 0 saturated carbocycles. The van der Waals surface area contributed by atoms with Crippen molar-refractivity contribution in [1.29, 1.82) is 0 Å². The topological polar surface area (TPSA) is 97.6 Å². The first-order valence-electron chi connectivity index (χ1n) is 5.20. The van der Waals surface area contributed by atoms with Crippen LogP contribution in [0.3, 0.4) is 0 Å². The number of likely N-dealkylation sites (N-methyl/N-ethyl adjacent to an activating group) is 1. The van der Waals surface area contributed by atoms with E-state index in [-0.39, 0.29) is 18.6 Å². The van der Waals surface area contributed by atoms with Gasteiger partial charge in [-0.1, -0.05) is 5.16 Å². The highest BCUT2D eigenvalue weighted by atomic mass is 16.5. The van der Waals surface area contributed by atoms with E-state index < -0.39 is 6.04 Å². The van der Waals surface area contributed by atoms with Crippen LogP contribution in [0.15, 0.2) is 4.52 Å². The van der Waals surface area contributed by atoms with Crippen LogP contribution >= 0.6 is 0 Å². The number of morpholine rings is 1. The van der Waals surface area contributed by atoms with E-state index >= 15 is 0 Å². The Balaban J connectivity index is 2.06. The Hall–Kier alpha value is -1.02. The van der Waals surface area contributed by atoms with Crippen LogP contribution in [0.5, 0.6) is 0 Å². The van der Waals surface area contributed by atoms with Gasteiger partial charge in [0.15, 0.2) is 0 Å². The van der Waals surface area contributed by atoms with E-state index in [2.05, 4.69) is 15.0 Å². The number of aromatic nitrogens is 2. The van der Waals surface area contributed by atoms with Crippen LogP contribution in [0.2, 0.25) is 0 Å². The fraction of sp³-hybridized carbons (Fsp3) is 0.778. The zero-order valence-electron chi connectivity index (χ0n) is 9.17. The van der Waals surface area contributed by atoms with E-state index in [1.807, 2.05) is 7.05 Å². The molecule has 1 fully saturated rings. The summed E-state index contributed by atoms with van der Waals surface area (Å²) in [5.41, 5.74) is 5.57. The number of ether oxygens (including phenoxy) is 1. The Labute approximate surface area is 93.2 Å². The summed E-state index contributed by atoms with van der Waals surface area (Å²) in [6.07, 6.45) is -0.179. The molecule has 0 bridgehead atoms. The quantitative estimate of drug-likeness (QED) is 0.689. The van der Waals surface area contributed by atoms with Crippen LogP contribution in [-0.2, 0) is 4.74 Å². The number of aliphatic hydroxyl groups excluding tert-OH is 1. The summed E-state index contributed by atoms with van der Waals surface area (Å²) in [4.78, 5) is 6.26. The molecule has 1 aliphatic rings. The second-order valence-electron chi connectivity index (χ2n) is 3.90. The number of nitrogens with zero attached hydrogens (tertiary/aromatic N) is 3. The van der Waals surface area contributed by atoms with Crippen molar-refractivity contribution in [2.45, 2.75) is 12.1 Å². The molecular weight excluding hydrogens is 212 g/mol. The van der Waals surface area contributed by atoms with E-state index in [4.69, 9.17) is 20.1 Å². The van der Waals surface area contributed by atoms with Gasteiger partial charge in [0.25, 0.3) is 0 Å². The molecule has 90 valence electrons. The van der Waals surface area contributed by atoms with Crippen LogP contribution in [0.1, 0.15) is 23.9 Å². The van der Waals surface area contributed by atoms with Crippen LogP contribution in [0.4, 0.5) is 0 Å². The van der Waals surface area contributed by atoms with E-state index in [9.17, 15) is 0 Å². The standard InChI is InChI=1S/C9H16N4O3/c1-13-2-3-15-7(4-13)8-11-9(16-12-8)6(10)5-14/h6-7,14H,2-5,10H2,1H3/t6-,7?/m1/s1. The Morgan fingerprint density at radius 3 is 3.19 bits per heavy atom. The first-order chi connectivity index (χ1) is 7.70. The predicted molar refractivity (Wildman–Crippen MR) is 54.5 cm³/mol. The average molecular weight is 228 g/mol. The molecule has 0 amide bonds. The normalized spacial score (nSPS) is 24.6. The van der Waals surface area contributed by atoms with Gasteiger partial charge in [-0.25, -0.2) is 0 Å². The second-order valence-corrected chi connectivity index (χ2v) is 3.90. The summed E-state index contributed by atoms with van der Waals surface area (Å²) in [5, 5.41) is 12.7. The smallest absolute Gasteiger partial charge is 0.246 e. The maximum absolute atomic E-state index is 8.86. The lowest BCUT2D eigenvalue weighted by atomic mass is 10.2. The molecule has 2 rings (SSSR count). The maximum atomic E-state index is 8.86. The molecule has 1 aromatic heterocycles. The summed E-state index contributed by atoms with van der Waals surface area (Å²) in [7, 11) is 2.01. The van der Waals surface area contributed by atoms with Gasteiger partial charge in [-0.3, -0.25) is 0 Å². The molecule has 1 aliphatic heterocycles.